The summed E-state index contributed by atoms with van der Waals surface area (Å²) in [4.78, 5) is 26.1. The Hall–Kier alpha value is -1.39. The zero-order chi connectivity index (χ0) is 14.4. The van der Waals surface area contributed by atoms with Crippen molar-refractivity contribution in [3.8, 4) is 0 Å². The van der Waals surface area contributed by atoms with Gasteiger partial charge in [0.1, 0.15) is 0 Å². The van der Waals surface area contributed by atoms with Gasteiger partial charge in [-0.1, -0.05) is 30.3 Å². The van der Waals surface area contributed by atoms with E-state index in [1.807, 2.05) is 35.2 Å². The molecule has 1 aliphatic rings. The van der Waals surface area contributed by atoms with Gasteiger partial charge in [-0.15, -0.1) is 12.4 Å². The van der Waals surface area contributed by atoms with Crippen molar-refractivity contribution >= 4 is 24.1 Å². The highest BCUT2D eigenvalue weighted by Gasteiger charge is 2.27. The highest BCUT2D eigenvalue weighted by molar-refractivity contribution is 5.98. The minimum Gasteiger partial charge on any atom is -0.343 e. The second-order valence-corrected chi connectivity index (χ2v) is 5.28. The molecule has 0 spiro atoms. The minimum atomic E-state index is 0. The smallest absolute Gasteiger partial charge is 0.222 e. The SMILES string of the molecule is Cl.NCCCC(=O)N1CCC(C(=O)c2ccccc2)CC1. The predicted molar refractivity (Wildman–Crippen MR) is 85.6 cm³/mol. The summed E-state index contributed by atoms with van der Waals surface area (Å²) < 4.78 is 0. The maximum absolute atomic E-state index is 12.3. The lowest BCUT2D eigenvalue weighted by atomic mass is 9.89. The summed E-state index contributed by atoms with van der Waals surface area (Å²) in [6.45, 7) is 1.92. The molecule has 0 atom stereocenters. The number of hydrogen-bond acceptors (Lipinski definition) is 3. The summed E-state index contributed by atoms with van der Waals surface area (Å²) >= 11 is 0. The van der Waals surface area contributed by atoms with E-state index < -0.39 is 0 Å². The maximum atomic E-state index is 12.3. The molecule has 0 aromatic heterocycles. The van der Waals surface area contributed by atoms with Gasteiger partial charge in [-0.2, -0.15) is 0 Å². The van der Waals surface area contributed by atoms with Crippen molar-refractivity contribution in [2.24, 2.45) is 11.7 Å². The summed E-state index contributed by atoms with van der Waals surface area (Å²) in [6, 6.07) is 9.41. The third kappa shape index (κ3) is 4.83. The van der Waals surface area contributed by atoms with Crippen LogP contribution in [0.2, 0.25) is 0 Å². The van der Waals surface area contributed by atoms with Crippen molar-refractivity contribution in [3.63, 3.8) is 0 Å². The van der Waals surface area contributed by atoms with Crippen molar-refractivity contribution < 1.29 is 9.59 Å². The van der Waals surface area contributed by atoms with Crippen LogP contribution in [0.4, 0.5) is 0 Å². The number of carbonyl (C=O) groups excluding carboxylic acids is 2. The quantitative estimate of drug-likeness (QED) is 0.849. The molecule has 4 nitrogen and oxygen atoms in total. The molecule has 21 heavy (non-hydrogen) atoms. The highest BCUT2D eigenvalue weighted by Crippen LogP contribution is 2.22. The molecule has 1 aliphatic heterocycles. The summed E-state index contributed by atoms with van der Waals surface area (Å²) in [7, 11) is 0. The first kappa shape index (κ1) is 17.7. The Morgan fingerprint density at radius 2 is 1.76 bits per heavy atom. The Kier molecular flexibility index (Phi) is 7.40. The van der Waals surface area contributed by atoms with Crippen molar-refractivity contribution in [2.45, 2.75) is 25.7 Å². The van der Waals surface area contributed by atoms with Gasteiger partial charge in [0.2, 0.25) is 5.91 Å². The van der Waals surface area contributed by atoms with Crippen LogP contribution in [0.1, 0.15) is 36.0 Å². The molecule has 2 N–H and O–H groups in total. The van der Waals surface area contributed by atoms with Crippen LogP contribution in [0.25, 0.3) is 0 Å². The van der Waals surface area contributed by atoms with E-state index >= 15 is 0 Å². The number of amides is 1. The first-order valence-electron chi connectivity index (χ1n) is 7.29. The van der Waals surface area contributed by atoms with Crippen LogP contribution in [0.5, 0.6) is 0 Å². The number of carbonyl (C=O) groups is 2. The van der Waals surface area contributed by atoms with Crippen molar-refractivity contribution in [1.29, 1.82) is 0 Å². The lowest BCUT2D eigenvalue weighted by Crippen LogP contribution is -2.40. The molecular formula is C16H23ClN2O2. The monoisotopic (exact) mass is 310 g/mol. The number of likely N-dealkylation sites (tertiary alicyclic amines) is 1. The zero-order valence-corrected chi connectivity index (χ0v) is 13.0. The summed E-state index contributed by atoms with van der Waals surface area (Å²) in [5.74, 6) is 0.427. The van der Waals surface area contributed by atoms with Crippen LogP contribution in [0.3, 0.4) is 0 Å². The Balaban J connectivity index is 0.00000220. The van der Waals surface area contributed by atoms with Gasteiger partial charge >= 0.3 is 0 Å². The van der Waals surface area contributed by atoms with Gasteiger partial charge in [-0.3, -0.25) is 9.59 Å². The Morgan fingerprint density at radius 1 is 1.14 bits per heavy atom. The number of benzene rings is 1. The average Bonchev–Trinajstić information content (AvgIpc) is 2.53. The van der Waals surface area contributed by atoms with Crippen molar-refractivity contribution in [2.75, 3.05) is 19.6 Å². The van der Waals surface area contributed by atoms with Gasteiger partial charge in [0.05, 0.1) is 0 Å². The van der Waals surface area contributed by atoms with Crippen molar-refractivity contribution in [3.05, 3.63) is 35.9 Å². The second kappa shape index (κ2) is 8.80. The van der Waals surface area contributed by atoms with E-state index in [-0.39, 0.29) is 30.0 Å². The molecule has 0 saturated carbocycles. The molecule has 1 amide bonds. The average molecular weight is 311 g/mol. The molecule has 1 heterocycles. The number of hydrogen-bond donors (Lipinski definition) is 1. The van der Waals surface area contributed by atoms with Crippen LogP contribution >= 0.6 is 12.4 Å². The molecule has 1 aromatic rings. The summed E-state index contributed by atoms with van der Waals surface area (Å²) in [6.07, 6.45) is 2.79. The Morgan fingerprint density at radius 3 is 2.33 bits per heavy atom. The van der Waals surface area contributed by atoms with Crippen molar-refractivity contribution in [1.82, 2.24) is 4.90 Å². The Labute approximate surface area is 132 Å². The molecular weight excluding hydrogens is 288 g/mol. The van der Waals surface area contributed by atoms with Crippen LogP contribution < -0.4 is 5.73 Å². The van der Waals surface area contributed by atoms with E-state index in [9.17, 15) is 9.59 Å². The number of halogens is 1. The van der Waals surface area contributed by atoms with E-state index in [1.165, 1.54) is 0 Å². The predicted octanol–water partition coefficient (Wildman–Crippen LogP) is 2.27. The summed E-state index contributed by atoms with van der Waals surface area (Å²) in [5.41, 5.74) is 6.20. The third-order valence-electron chi connectivity index (χ3n) is 3.87. The molecule has 0 bridgehead atoms. The minimum absolute atomic E-state index is 0. The second-order valence-electron chi connectivity index (χ2n) is 5.28. The number of ketones is 1. The van der Waals surface area contributed by atoms with Gasteiger partial charge in [0.25, 0.3) is 0 Å². The number of Topliss-reactive ketones (excluding diaryl/α,β-unsaturated/α-hetero) is 1. The molecule has 0 aliphatic carbocycles. The number of rotatable bonds is 5. The van der Waals surface area contributed by atoms with E-state index in [0.717, 1.165) is 24.8 Å². The van der Waals surface area contributed by atoms with Crippen LogP contribution in [-0.4, -0.2) is 36.2 Å². The van der Waals surface area contributed by atoms with Crippen LogP contribution in [0.15, 0.2) is 30.3 Å². The first-order chi connectivity index (χ1) is 9.72. The molecule has 1 fully saturated rings. The maximum Gasteiger partial charge on any atom is 0.222 e. The molecule has 0 unspecified atom stereocenters. The van der Waals surface area contributed by atoms with Gasteiger partial charge < -0.3 is 10.6 Å². The molecule has 1 aromatic carbocycles. The molecule has 0 radical (unpaired) electrons. The largest absolute Gasteiger partial charge is 0.343 e. The fraction of sp³-hybridized carbons (Fsp3) is 0.500. The van der Waals surface area contributed by atoms with Gasteiger partial charge in [-0.05, 0) is 25.8 Å². The lowest BCUT2D eigenvalue weighted by molar-refractivity contribution is -0.132. The standard InChI is InChI=1S/C16H22N2O2.ClH/c17-10-4-7-15(19)18-11-8-14(9-12-18)16(20)13-5-2-1-3-6-13;/h1-3,5-6,14H,4,7-12,17H2;1H. The van der Waals surface area contributed by atoms with E-state index in [4.69, 9.17) is 5.73 Å². The van der Waals surface area contributed by atoms with E-state index in [0.29, 0.717) is 26.1 Å². The summed E-state index contributed by atoms with van der Waals surface area (Å²) in [5, 5.41) is 0. The van der Waals surface area contributed by atoms with Crippen LogP contribution in [0, 0.1) is 5.92 Å². The fourth-order valence-electron chi connectivity index (χ4n) is 2.64. The number of nitrogens with zero attached hydrogens (tertiary/aromatic N) is 1. The van der Waals surface area contributed by atoms with Crippen LogP contribution in [-0.2, 0) is 4.79 Å². The number of piperidine rings is 1. The van der Waals surface area contributed by atoms with E-state index in [1.54, 1.807) is 0 Å². The molecule has 2 rings (SSSR count). The third-order valence-corrected chi connectivity index (χ3v) is 3.87. The molecule has 116 valence electrons. The molecule has 5 heteroatoms. The normalized spacial score (nSPS) is 15.4. The lowest BCUT2D eigenvalue weighted by Gasteiger charge is -2.31. The van der Waals surface area contributed by atoms with E-state index in [2.05, 4.69) is 0 Å². The highest BCUT2D eigenvalue weighted by atomic mass is 35.5. The topological polar surface area (TPSA) is 63.4 Å². The van der Waals surface area contributed by atoms with Gasteiger partial charge in [0.15, 0.2) is 5.78 Å². The number of nitrogens with two attached hydrogens (primary N) is 1. The molecule has 1 saturated heterocycles. The first-order valence-corrected chi connectivity index (χ1v) is 7.29. The fourth-order valence-corrected chi connectivity index (χ4v) is 2.64. The van der Waals surface area contributed by atoms with Gasteiger partial charge in [0, 0.05) is 31.0 Å². The zero-order valence-electron chi connectivity index (χ0n) is 12.2. The Bertz CT molecular complexity index is 457. The van der Waals surface area contributed by atoms with Gasteiger partial charge in [-0.25, -0.2) is 0 Å².